The molecule has 6 heteroatoms. The van der Waals surface area contributed by atoms with E-state index in [0.29, 0.717) is 6.42 Å². The molecule has 2 rings (SSSR count). The van der Waals surface area contributed by atoms with E-state index in [4.69, 9.17) is 5.11 Å². The first-order valence-corrected chi connectivity index (χ1v) is 7.51. The average Bonchev–Trinajstić information content (AvgIpc) is 2.28. The third-order valence-electron chi connectivity index (χ3n) is 2.94. The molecule has 0 spiro atoms. The molecular weight excluding hydrogens is 254 g/mol. The Morgan fingerprint density at radius 3 is 2.56 bits per heavy atom. The Morgan fingerprint density at radius 1 is 1.28 bits per heavy atom. The predicted octanol–water partition coefficient (Wildman–Crippen LogP) is 0.0689. The van der Waals surface area contributed by atoms with Crippen molar-refractivity contribution in [3.8, 4) is 0 Å². The van der Waals surface area contributed by atoms with Crippen LogP contribution in [0.5, 0.6) is 0 Å². The van der Waals surface area contributed by atoms with Gasteiger partial charge in [0, 0.05) is 6.04 Å². The van der Waals surface area contributed by atoms with E-state index in [1.165, 1.54) is 0 Å². The molecule has 1 fully saturated rings. The van der Waals surface area contributed by atoms with Gasteiger partial charge >= 0.3 is 5.97 Å². The van der Waals surface area contributed by atoms with E-state index >= 15 is 0 Å². The zero-order chi connectivity index (χ0) is 13.2. The van der Waals surface area contributed by atoms with Crippen molar-refractivity contribution >= 4 is 15.8 Å². The van der Waals surface area contributed by atoms with Crippen molar-refractivity contribution in [2.75, 3.05) is 11.5 Å². The van der Waals surface area contributed by atoms with Crippen LogP contribution in [0.1, 0.15) is 5.56 Å². The summed E-state index contributed by atoms with van der Waals surface area (Å²) in [5.41, 5.74) is 0.997. The molecule has 2 unspecified atom stereocenters. The molecule has 0 bridgehead atoms. The van der Waals surface area contributed by atoms with Crippen molar-refractivity contribution in [1.82, 2.24) is 5.32 Å². The van der Waals surface area contributed by atoms with Crippen LogP contribution in [0.2, 0.25) is 0 Å². The molecule has 98 valence electrons. The summed E-state index contributed by atoms with van der Waals surface area (Å²) in [5, 5.41) is 11.8. The normalized spacial score (nSPS) is 26.7. The minimum Gasteiger partial charge on any atom is -0.480 e. The Labute approximate surface area is 106 Å². The van der Waals surface area contributed by atoms with Crippen molar-refractivity contribution in [2.45, 2.75) is 18.5 Å². The fourth-order valence-corrected chi connectivity index (χ4v) is 3.88. The Hall–Kier alpha value is -1.40. The van der Waals surface area contributed by atoms with Gasteiger partial charge in [-0.3, -0.25) is 10.1 Å². The lowest BCUT2D eigenvalue weighted by molar-refractivity contribution is -0.139. The van der Waals surface area contributed by atoms with Crippen molar-refractivity contribution in [3.05, 3.63) is 35.9 Å². The Morgan fingerprint density at radius 2 is 1.94 bits per heavy atom. The molecule has 0 aromatic heterocycles. The summed E-state index contributed by atoms with van der Waals surface area (Å²) in [6, 6.07) is 8.10. The first kappa shape index (κ1) is 13.0. The molecule has 1 heterocycles. The minimum atomic E-state index is -3.29. The summed E-state index contributed by atoms with van der Waals surface area (Å²) in [5.74, 6) is -1.45. The van der Waals surface area contributed by atoms with Crippen LogP contribution in [0.25, 0.3) is 0 Å². The molecule has 0 aliphatic carbocycles. The maximum absolute atomic E-state index is 11.7. The third-order valence-corrected chi connectivity index (χ3v) is 4.69. The fraction of sp³-hybridized carbons (Fsp3) is 0.417. The number of hydrogen-bond donors (Lipinski definition) is 2. The minimum absolute atomic E-state index is 0.00826. The molecule has 0 saturated carbocycles. The summed E-state index contributed by atoms with van der Waals surface area (Å²) >= 11 is 0. The topological polar surface area (TPSA) is 83.5 Å². The summed E-state index contributed by atoms with van der Waals surface area (Å²) in [7, 11) is -3.29. The van der Waals surface area contributed by atoms with Crippen LogP contribution < -0.4 is 5.32 Å². The molecule has 0 amide bonds. The predicted molar refractivity (Wildman–Crippen MR) is 67.1 cm³/mol. The maximum atomic E-state index is 11.7. The van der Waals surface area contributed by atoms with E-state index in [9.17, 15) is 13.2 Å². The second-order valence-corrected chi connectivity index (χ2v) is 6.67. The van der Waals surface area contributed by atoms with Gasteiger partial charge in [-0.05, 0) is 12.0 Å². The molecule has 1 aliphatic rings. The molecule has 0 radical (unpaired) electrons. The van der Waals surface area contributed by atoms with Gasteiger partial charge < -0.3 is 5.11 Å². The van der Waals surface area contributed by atoms with E-state index in [1.54, 1.807) is 0 Å². The van der Waals surface area contributed by atoms with Crippen LogP contribution in [0, 0.1) is 0 Å². The molecule has 1 saturated heterocycles. The van der Waals surface area contributed by atoms with Crippen LogP contribution >= 0.6 is 0 Å². The largest absolute Gasteiger partial charge is 0.480 e. The highest BCUT2D eigenvalue weighted by atomic mass is 32.2. The Balaban J connectivity index is 2.11. The third kappa shape index (κ3) is 3.30. The van der Waals surface area contributed by atoms with Crippen LogP contribution in [0.15, 0.2) is 30.3 Å². The van der Waals surface area contributed by atoms with Gasteiger partial charge in [-0.15, -0.1) is 0 Å². The zero-order valence-corrected chi connectivity index (χ0v) is 10.6. The number of rotatable bonds is 3. The fourth-order valence-electron chi connectivity index (χ4n) is 2.17. The average molecular weight is 269 g/mol. The highest BCUT2D eigenvalue weighted by Crippen LogP contribution is 2.12. The lowest BCUT2D eigenvalue weighted by Gasteiger charge is -2.28. The monoisotopic (exact) mass is 269 g/mol. The molecule has 1 aromatic carbocycles. The first-order chi connectivity index (χ1) is 8.46. The van der Waals surface area contributed by atoms with Crippen molar-refractivity contribution in [2.24, 2.45) is 0 Å². The summed E-state index contributed by atoms with van der Waals surface area (Å²) in [6.07, 6.45) is 0.518. The molecule has 2 atom stereocenters. The lowest BCUT2D eigenvalue weighted by atomic mass is 10.1. The smallest absolute Gasteiger partial charge is 0.321 e. The van der Waals surface area contributed by atoms with Crippen molar-refractivity contribution in [3.63, 3.8) is 0 Å². The zero-order valence-electron chi connectivity index (χ0n) is 9.74. The summed E-state index contributed by atoms with van der Waals surface area (Å²) in [4.78, 5) is 10.9. The van der Waals surface area contributed by atoms with E-state index in [0.717, 1.165) is 5.56 Å². The van der Waals surface area contributed by atoms with Crippen LogP contribution in [-0.4, -0.2) is 43.1 Å². The molecule has 5 nitrogen and oxygen atoms in total. The SMILES string of the molecule is O=C(O)C1CS(=O)(=O)CC(Cc2ccccc2)N1. The lowest BCUT2D eigenvalue weighted by Crippen LogP contribution is -2.55. The van der Waals surface area contributed by atoms with Crippen LogP contribution in [0.3, 0.4) is 0 Å². The first-order valence-electron chi connectivity index (χ1n) is 5.69. The van der Waals surface area contributed by atoms with Gasteiger partial charge in [-0.25, -0.2) is 8.42 Å². The number of carboxylic acids is 1. The molecular formula is C12H15NO4S. The number of sulfone groups is 1. The number of nitrogens with one attached hydrogen (secondary N) is 1. The number of benzene rings is 1. The van der Waals surface area contributed by atoms with E-state index in [-0.39, 0.29) is 17.5 Å². The van der Waals surface area contributed by atoms with Gasteiger partial charge in [0.15, 0.2) is 9.84 Å². The number of hydrogen-bond acceptors (Lipinski definition) is 4. The van der Waals surface area contributed by atoms with Gasteiger partial charge in [-0.2, -0.15) is 0 Å². The van der Waals surface area contributed by atoms with E-state index < -0.39 is 21.8 Å². The van der Waals surface area contributed by atoms with Crippen molar-refractivity contribution < 1.29 is 18.3 Å². The molecule has 18 heavy (non-hydrogen) atoms. The Bertz CT molecular complexity index is 526. The van der Waals surface area contributed by atoms with Crippen molar-refractivity contribution in [1.29, 1.82) is 0 Å². The van der Waals surface area contributed by atoms with E-state index in [1.807, 2.05) is 30.3 Å². The molecule has 1 aromatic rings. The van der Waals surface area contributed by atoms with Crippen LogP contribution in [-0.2, 0) is 21.1 Å². The molecule has 2 N–H and O–H groups in total. The van der Waals surface area contributed by atoms with E-state index in [2.05, 4.69) is 5.32 Å². The van der Waals surface area contributed by atoms with Gasteiger partial charge in [0.2, 0.25) is 0 Å². The number of aliphatic carboxylic acids is 1. The van der Waals surface area contributed by atoms with Gasteiger partial charge in [0.1, 0.15) is 6.04 Å². The van der Waals surface area contributed by atoms with Gasteiger partial charge in [0.25, 0.3) is 0 Å². The number of carbonyl (C=O) groups is 1. The summed E-state index contributed by atoms with van der Waals surface area (Å²) < 4.78 is 23.3. The highest BCUT2D eigenvalue weighted by molar-refractivity contribution is 7.91. The Kier molecular flexibility index (Phi) is 3.68. The standard InChI is InChI=1S/C12H15NO4S/c14-12(15)11-8-18(16,17)7-10(13-11)6-9-4-2-1-3-5-9/h1-5,10-11,13H,6-8H2,(H,14,15). The van der Waals surface area contributed by atoms with Gasteiger partial charge in [-0.1, -0.05) is 30.3 Å². The summed E-state index contributed by atoms with van der Waals surface area (Å²) in [6.45, 7) is 0. The second-order valence-electron chi connectivity index (χ2n) is 4.52. The highest BCUT2D eigenvalue weighted by Gasteiger charge is 2.34. The number of carboxylic acid groups (broad SMARTS) is 1. The van der Waals surface area contributed by atoms with Crippen LogP contribution in [0.4, 0.5) is 0 Å². The quantitative estimate of drug-likeness (QED) is 0.811. The van der Waals surface area contributed by atoms with Gasteiger partial charge in [0.05, 0.1) is 11.5 Å². The molecule has 1 aliphatic heterocycles. The second kappa shape index (κ2) is 5.07. The maximum Gasteiger partial charge on any atom is 0.321 e.